The number of hydrogen-bond acceptors (Lipinski definition) is 2. The Labute approximate surface area is 116 Å². The molecule has 100 valence electrons. The third-order valence-corrected chi connectivity index (χ3v) is 3.13. The fourth-order valence-electron chi connectivity index (χ4n) is 1.87. The average Bonchev–Trinajstić information content (AvgIpc) is 2.32. The molecule has 6 heteroatoms. The van der Waals surface area contributed by atoms with Gasteiger partial charge in [0.05, 0.1) is 6.04 Å². The number of hydrazine groups is 1. The van der Waals surface area contributed by atoms with Gasteiger partial charge in [0, 0.05) is 10.0 Å². The minimum atomic E-state index is -0.979. The van der Waals surface area contributed by atoms with Gasteiger partial charge in [-0.15, -0.1) is 0 Å². The van der Waals surface area contributed by atoms with Crippen molar-refractivity contribution >= 4 is 15.9 Å². The molecule has 0 radical (unpaired) electrons. The number of rotatable bonds is 3. The lowest BCUT2D eigenvalue weighted by Crippen LogP contribution is -2.30. The molecule has 2 rings (SSSR count). The van der Waals surface area contributed by atoms with Crippen LogP contribution in [0.2, 0.25) is 0 Å². The summed E-state index contributed by atoms with van der Waals surface area (Å²) >= 11 is 3.12. The molecule has 2 nitrogen and oxygen atoms in total. The monoisotopic (exact) mass is 330 g/mol. The van der Waals surface area contributed by atoms with Crippen LogP contribution in [-0.2, 0) is 0 Å². The van der Waals surface area contributed by atoms with Crippen molar-refractivity contribution in [3.05, 3.63) is 69.4 Å². The first-order valence-electron chi connectivity index (χ1n) is 5.39. The lowest BCUT2D eigenvalue weighted by molar-refractivity contribution is 0.508. The summed E-state index contributed by atoms with van der Waals surface area (Å²) < 4.78 is 41.3. The highest BCUT2D eigenvalue weighted by molar-refractivity contribution is 9.10. The molecule has 1 unspecified atom stereocenters. The third-order valence-electron chi connectivity index (χ3n) is 2.67. The molecule has 0 spiro atoms. The summed E-state index contributed by atoms with van der Waals surface area (Å²) in [6.07, 6.45) is 0. The summed E-state index contributed by atoms with van der Waals surface area (Å²) in [4.78, 5) is 0. The quantitative estimate of drug-likeness (QED) is 0.668. The fourth-order valence-corrected chi connectivity index (χ4v) is 2.36. The maximum atomic E-state index is 13.7. The van der Waals surface area contributed by atoms with Crippen molar-refractivity contribution in [1.82, 2.24) is 5.43 Å². The molecule has 19 heavy (non-hydrogen) atoms. The molecule has 3 N–H and O–H groups in total. The van der Waals surface area contributed by atoms with E-state index in [2.05, 4.69) is 21.4 Å². The van der Waals surface area contributed by atoms with Crippen LogP contribution in [-0.4, -0.2) is 0 Å². The molecule has 1 atom stereocenters. The Morgan fingerprint density at radius 3 is 2.21 bits per heavy atom. The highest BCUT2D eigenvalue weighted by Crippen LogP contribution is 2.28. The van der Waals surface area contributed by atoms with Crippen LogP contribution in [0.3, 0.4) is 0 Å². The van der Waals surface area contributed by atoms with Gasteiger partial charge in [-0.2, -0.15) is 0 Å². The second-order valence-corrected chi connectivity index (χ2v) is 4.85. The maximum absolute atomic E-state index is 13.7. The zero-order chi connectivity index (χ0) is 14.0. The first kappa shape index (κ1) is 14.0. The summed E-state index contributed by atoms with van der Waals surface area (Å²) in [5, 5.41) is 0. The molecule has 0 aliphatic rings. The highest BCUT2D eigenvalue weighted by Gasteiger charge is 2.21. The summed E-state index contributed by atoms with van der Waals surface area (Å²) in [7, 11) is 0. The molecule has 0 aliphatic carbocycles. The molecule has 0 fully saturated rings. The van der Waals surface area contributed by atoms with Crippen LogP contribution in [0, 0.1) is 17.5 Å². The normalized spacial score (nSPS) is 12.5. The van der Waals surface area contributed by atoms with Gasteiger partial charge in [-0.25, -0.2) is 18.6 Å². The Morgan fingerprint density at radius 1 is 1.05 bits per heavy atom. The lowest BCUT2D eigenvalue weighted by Gasteiger charge is -2.18. The molecule has 2 aromatic rings. The summed E-state index contributed by atoms with van der Waals surface area (Å²) in [6.45, 7) is 0. The minimum Gasteiger partial charge on any atom is -0.271 e. The topological polar surface area (TPSA) is 38.0 Å². The smallest absolute Gasteiger partial charge is 0.131 e. The predicted molar refractivity (Wildman–Crippen MR) is 69.6 cm³/mol. The van der Waals surface area contributed by atoms with E-state index in [4.69, 9.17) is 5.84 Å². The number of benzene rings is 2. The number of hydrogen-bond donors (Lipinski definition) is 2. The molecule has 0 aliphatic heterocycles. The standard InChI is InChI=1S/C13H10BrF3N2/c14-8-4-7(5-9(15)6-8)13(19-18)12-10(16)2-1-3-11(12)17/h1-6,13,19H,18H2. The van der Waals surface area contributed by atoms with Gasteiger partial charge in [-0.1, -0.05) is 22.0 Å². The summed E-state index contributed by atoms with van der Waals surface area (Å²) in [6, 6.07) is 6.47. The van der Waals surface area contributed by atoms with Crippen molar-refractivity contribution in [3.8, 4) is 0 Å². The van der Waals surface area contributed by atoms with Crippen LogP contribution >= 0.6 is 15.9 Å². The van der Waals surface area contributed by atoms with Gasteiger partial charge >= 0.3 is 0 Å². The first-order chi connectivity index (χ1) is 9.02. The number of nitrogens with one attached hydrogen (secondary N) is 1. The van der Waals surface area contributed by atoms with Crippen molar-refractivity contribution in [2.45, 2.75) is 6.04 Å². The Morgan fingerprint density at radius 2 is 1.68 bits per heavy atom. The molecule has 0 heterocycles. The van der Waals surface area contributed by atoms with E-state index >= 15 is 0 Å². The zero-order valence-corrected chi connectivity index (χ0v) is 11.2. The van der Waals surface area contributed by atoms with Gasteiger partial charge in [-0.05, 0) is 35.9 Å². The van der Waals surface area contributed by atoms with Gasteiger partial charge in [0.15, 0.2) is 0 Å². The Kier molecular flexibility index (Phi) is 4.24. The molecule has 0 saturated carbocycles. The van der Waals surface area contributed by atoms with E-state index < -0.39 is 23.5 Å². The van der Waals surface area contributed by atoms with Crippen LogP contribution in [0.4, 0.5) is 13.2 Å². The molecule has 0 aromatic heterocycles. The fraction of sp³-hybridized carbons (Fsp3) is 0.0769. The van der Waals surface area contributed by atoms with Crippen molar-refractivity contribution < 1.29 is 13.2 Å². The summed E-state index contributed by atoms with van der Waals surface area (Å²) in [5.41, 5.74) is 2.37. The minimum absolute atomic E-state index is 0.248. The van der Waals surface area contributed by atoms with Crippen LogP contribution in [0.25, 0.3) is 0 Å². The molecular formula is C13H10BrF3N2. The largest absolute Gasteiger partial charge is 0.271 e. The van der Waals surface area contributed by atoms with E-state index in [1.54, 1.807) is 6.07 Å². The van der Waals surface area contributed by atoms with E-state index in [9.17, 15) is 13.2 Å². The van der Waals surface area contributed by atoms with Crippen molar-refractivity contribution in [1.29, 1.82) is 0 Å². The maximum Gasteiger partial charge on any atom is 0.131 e. The van der Waals surface area contributed by atoms with Crippen molar-refractivity contribution in [3.63, 3.8) is 0 Å². The van der Waals surface area contributed by atoms with Gasteiger partial charge in [0.2, 0.25) is 0 Å². The van der Waals surface area contributed by atoms with E-state index in [1.165, 1.54) is 18.2 Å². The van der Waals surface area contributed by atoms with Crippen molar-refractivity contribution in [2.75, 3.05) is 0 Å². The molecule has 0 saturated heterocycles. The van der Waals surface area contributed by atoms with Gasteiger partial charge in [0.25, 0.3) is 0 Å². The second-order valence-electron chi connectivity index (χ2n) is 3.94. The molecular weight excluding hydrogens is 321 g/mol. The highest BCUT2D eigenvalue weighted by atomic mass is 79.9. The molecule has 0 amide bonds. The van der Waals surface area contributed by atoms with Gasteiger partial charge < -0.3 is 0 Å². The summed E-state index contributed by atoms with van der Waals surface area (Å²) in [5.74, 6) is 3.33. The van der Waals surface area contributed by atoms with Gasteiger partial charge in [-0.3, -0.25) is 5.84 Å². The second kappa shape index (κ2) is 5.73. The first-order valence-corrected chi connectivity index (χ1v) is 6.18. The SMILES string of the molecule is NNC(c1cc(F)cc(Br)c1)c1c(F)cccc1F. The average molecular weight is 331 g/mol. The van der Waals surface area contributed by atoms with E-state index in [-0.39, 0.29) is 5.56 Å². The van der Waals surface area contributed by atoms with E-state index in [0.29, 0.717) is 10.0 Å². The van der Waals surface area contributed by atoms with Crippen LogP contribution in [0.5, 0.6) is 0 Å². The Bertz CT molecular complexity index is 564. The van der Waals surface area contributed by atoms with Crippen molar-refractivity contribution in [2.24, 2.45) is 5.84 Å². The zero-order valence-electron chi connectivity index (χ0n) is 9.63. The number of halogens is 4. The molecule has 2 aromatic carbocycles. The number of nitrogens with two attached hydrogens (primary N) is 1. The van der Waals surface area contributed by atoms with Gasteiger partial charge in [0.1, 0.15) is 17.5 Å². The van der Waals surface area contributed by atoms with E-state index in [1.807, 2.05) is 0 Å². The predicted octanol–water partition coefficient (Wildman–Crippen LogP) is 3.42. The van der Waals surface area contributed by atoms with E-state index in [0.717, 1.165) is 12.1 Å². The molecule has 0 bridgehead atoms. The third kappa shape index (κ3) is 2.97. The van der Waals surface area contributed by atoms with Crippen LogP contribution < -0.4 is 11.3 Å². The van der Waals surface area contributed by atoms with Crippen LogP contribution in [0.1, 0.15) is 17.2 Å². The Balaban J connectivity index is 2.56. The van der Waals surface area contributed by atoms with Crippen LogP contribution in [0.15, 0.2) is 40.9 Å². The Hall–Kier alpha value is -1.37. The lowest BCUT2D eigenvalue weighted by atomic mass is 9.98.